The topological polar surface area (TPSA) is 16.1 Å². The van der Waals surface area contributed by atoms with Crippen molar-refractivity contribution in [3.63, 3.8) is 0 Å². The van der Waals surface area contributed by atoms with E-state index in [0.29, 0.717) is 6.04 Å². The van der Waals surface area contributed by atoms with Crippen LogP contribution in [0.3, 0.4) is 0 Å². The quantitative estimate of drug-likeness (QED) is 0.678. The summed E-state index contributed by atoms with van der Waals surface area (Å²) in [5, 5.41) is 0. The van der Waals surface area contributed by atoms with Gasteiger partial charge in [-0.3, -0.25) is 9.88 Å². The molecule has 0 radical (unpaired) electrons. The second-order valence-electron chi connectivity index (χ2n) is 3.37. The summed E-state index contributed by atoms with van der Waals surface area (Å²) in [5.41, 5.74) is 1.27. The molecule has 0 unspecified atom stereocenters. The van der Waals surface area contributed by atoms with E-state index in [4.69, 9.17) is 0 Å². The molecule has 12 heavy (non-hydrogen) atoms. The standard InChI is InChI=1S/C10H16N2/c1-9(2)12(3)8-10-5-4-6-11-7-10/h4-7,9H,8H2,1-3H3. The highest BCUT2D eigenvalue weighted by molar-refractivity contribution is 5.07. The summed E-state index contributed by atoms with van der Waals surface area (Å²) < 4.78 is 0. The minimum absolute atomic E-state index is 0.588. The van der Waals surface area contributed by atoms with E-state index in [1.807, 2.05) is 12.3 Å². The van der Waals surface area contributed by atoms with Gasteiger partial charge in [-0.15, -0.1) is 0 Å². The number of nitrogens with zero attached hydrogens (tertiary/aromatic N) is 2. The Labute approximate surface area is 74.2 Å². The second-order valence-corrected chi connectivity index (χ2v) is 3.37. The molecule has 1 aromatic rings. The molecule has 2 nitrogen and oxygen atoms in total. The van der Waals surface area contributed by atoms with Crippen LogP contribution < -0.4 is 0 Å². The van der Waals surface area contributed by atoms with Crippen LogP contribution in [0.1, 0.15) is 19.4 Å². The first-order valence-corrected chi connectivity index (χ1v) is 4.29. The van der Waals surface area contributed by atoms with Crippen LogP contribution >= 0.6 is 0 Å². The molecule has 0 bridgehead atoms. The summed E-state index contributed by atoms with van der Waals surface area (Å²) in [7, 11) is 2.12. The Balaban J connectivity index is 2.53. The van der Waals surface area contributed by atoms with Gasteiger partial charge in [-0.1, -0.05) is 6.07 Å². The van der Waals surface area contributed by atoms with Gasteiger partial charge in [-0.05, 0) is 32.5 Å². The Morgan fingerprint density at radius 3 is 2.75 bits per heavy atom. The number of pyridine rings is 1. The average Bonchev–Trinajstić information content (AvgIpc) is 2.06. The Hall–Kier alpha value is -0.890. The van der Waals surface area contributed by atoms with Crippen LogP contribution in [0.15, 0.2) is 24.5 Å². The maximum absolute atomic E-state index is 4.07. The van der Waals surface area contributed by atoms with Crippen LogP contribution in [0.5, 0.6) is 0 Å². The van der Waals surface area contributed by atoms with Gasteiger partial charge in [0.1, 0.15) is 0 Å². The molecule has 0 N–H and O–H groups in total. The van der Waals surface area contributed by atoms with Gasteiger partial charge in [-0.2, -0.15) is 0 Å². The molecule has 0 aliphatic carbocycles. The highest BCUT2D eigenvalue weighted by Gasteiger charge is 2.02. The predicted octanol–water partition coefficient (Wildman–Crippen LogP) is 1.92. The first kappa shape index (κ1) is 9.20. The third-order valence-corrected chi connectivity index (χ3v) is 2.04. The Morgan fingerprint density at radius 1 is 1.50 bits per heavy atom. The number of hydrogen-bond acceptors (Lipinski definition) is 2. The molecule has 0 aromatic carbocycles. The summed E-state index contributed by atoms with van der Waals surface area (Å²) >= 11 is 0. The first-order valence-electron chi connectivity index (χ1n) is 4.29. The lowest BCUT2D eigenvalue weighted by atomic mass is 10.2. The molecule has 66 valence electrons. The van der Waals surface area contributed by atoms with E-state index in [2.05, 4.69) is 36.8 Å². The molecule has 1 heterocycles. The van der Waals surface area contributed by atoms with Gasteiger partial charge in [-0.25, -0.2) is 0 Å². The smallest absolute Gasteiger partial charge is 0.0312 e. The maximum atomic E-state index is 4.07. The molecule has 0 amide bonds. The van der Waals surface area contributed by atoms with Crippen molar-refractivity contribution >= 4 is 0 Å². The van der Waals surface area contributed by atoms with Crippen molar-refractivity contribution in [3.8, 4) is 0 Å². The molecule has 0 aliphatic heterocycles. The molecular weight excluding hydrogens is 148 g/mol. The summed E-state index contributed by atoms with van der Waals surface area (Å²) in [6.45, 7) is 5.36. The zero-order chi connectivity index (χ0) is 8.97. The lowest BCUT2D eigenvalue weighted by molar-refractivity contribution is 0.265. The molecule has 0 saturated carbocycles. The highest BCUT2D eigenvalue weighted by atomic mass is 15.1. The molecule has 1 aromatic heterocycles. The summed E-state index contributed by atoms with van der Waals surface area (Å²) in [5.74, 6) is 0. The fraction of sp³-hybridized carbons (Fsp3) is 0.500. The summed E-state index contributed by atoms with van der Waals surface area (Å²) in [4.78, 5) is 6.36. The van der Waals surface area contributed by atoms with Crippen molar-refractivity contribution in [2.45, 2.75) is 26.4 Å². The minimum Gasteiger partial charge on any atom is -0.300 e. The monoisotopic (exact) mass is 164 g/mol. The van der Waals surface area contributed by atoms with Gasteiger partial charge in [0.05, 0.1) is 0 Å². The SMILES string of the molecule is CC(C)N(C)Cc1cccnc1. The lowest BCUT2D eigenvalue weighted by Crippen LogP contribution is -2.25. The number of rotatable bonds is 3. The number of aromatic nitrogens is 1. The summed E-state index contributed by atoms with van der Waals surface area (Å²) in [6.07, 6.45) is 3.72. The molecular formula is C10H16N2. The first-order chi connectivity index (χ1) is 5.70. The largest absolute Gasteiger partial charge is 0.300 e. The van der Waals surface area contributed by atoms with Crippen molar-refractivity contribution in [2.24, 2.45) is 0 Å². The molecule has 1 rings (SSSR count). The molecule has 2 heteroatoms. The zero-order valence-corrected chi connectivity index (χ0v) is 7.99. The van der Waals surface area contributed by atoms with Crippen molar-refractivity contribution in [3.05, 3.63) is 30.1 Å². The van der Waals surface area contributed by atoms with E-state index in [0.717, 1.165) is 6.54 Å². The van der Waals surface area contributed by atoms with Crippen LogP contribution in [0.25, 0.3) is 0 Å². The normalized spacial score (nSPS) is 11.1. The Kier molecular flexibility index (Phi) is 3.23. The van der Waals surface area contributed by atoms with Crippen LogP contribution in [-0.4, -0.2) is 23.0 Å². The van der Waals surface area contributed by atoms with Gasteiger partial charge in [0.25, 0.3) is 0 Å². The van der Waals surface area contributed by atoms with Gasteiger partial charge in [0.2, 0.25) is 0 Å². The zero-order valence-electron chi connectivity index (χ0n) is 7.99. The fourth-order valence-electron chi connectivity index (χ4n) is 0.962. The van der Waals surface area contributed by atoms with Crippen LogP contribution in [0, 0.1) is 0 Å². The average molecular weight is 164 g/mol. The number of hydrogen-bond donors (Lipinski definition) is 0. The summed E-state index contributed by atoms with van der Waals surface area (Å²) in [6, 6.07) is 4.67. The Bertz CT molecular complexity index is 219. The van der Waals surface area contributed by atoms with E-state index in [-0.39, 0.29) is 0 Å². The van der Waals surface area contributed by atoms with Gasteiger partial charge in [0, 0.05) is 25.0 Å². The predicted molar refractivity (Wildman–Crippen MR) is 50.8 cm³/mol. The molecule has 0 spiro atoms. The lowest BCUT2D eigenvalue weighted by Gasteiger charge is -2.20. The van der Waals surface area contributed by atoms with E-state index in [1.165, 1.54) is 5.56 Å². The molecule has 0 atom stereocenters. The van der Waals surface area contributed by atoms with Crippen molar-refractivity contribution in [2.75, 3.05) is 7.05 Å². The van der Waals surface area contributed by atoms with Crippen LogP contribution in [-0.2, 0) is 6.54 Å². The third kappa shape index (κ3) is 2.62. The van der Waals surface area contributed by atoms with Gasteiger partial charge < -0.3 is 0 Å². The van der Waals surface area contributed by atoms with Crippen LogP contribution in [0.2, 0.25) is 0 Å². The van der Waals surface area contributed by atoms with Crippen molar-refractivity contribution < 1.29 is 0 Å². The van der Waals surface area contributed by atoms with E-state index < -0.39 is 0 Å². The highest BCUT2D eigenvalue weighted by Crippen LogP contribution is 2.03. The second kappa shape index (κ2) is 4.21. The molecule has 0 fully saturated rings. The van der Waals surface area contributed by atoms with Crippen LogP contribution in [0.4, 0.5) is 0 Å². The third-order valence-electron chi connectivity index (χ3n) is 2.04. The molecule has 0 aliphatic rings. The van der Waals surface area contributed by atoms with Gasteiger partial charge in [0.15, 0.2) is 0 Å². The minimum atomic E-state index is 0.588. The van der Waals surface area contributed by atoms with E-state index >= 15 is 0 Å². The van der Waals surface area contributed by atoms with Crippen molar-refractivity contribution in [1.82, 2.24) is 9.88 Å². The van der Waals surface area contributed by atoms with E-state index in [1.54, 1.807) is 6.20 Å². The molecule has 0 saturated heterocycles. The van der Waals surface area contributed by atoms with Crippen molar-refractivity contribution in [1.29, 1.82) is 0 Å². The van der Waals surface area contributed by atoms with E-state index in [9.17, 15) is 0 Å². The maximum Gasteiger partial charge on any atom is 0.0312 e. The Morgan fingerprint density at radius 2 is 2.25 bits per heavy atom. The fourth-order valence-corrected chi connectivity index (χ4v) is 0.962. The van der Waals surface area contributed by atoms with Gasteiger partial charge >= 0.3 is 0 Å².